The van der Waals surface area contributed by atoms with Crippen molar-refractivity contribution in [1.29, 1.82) is 0 Å². The highest BCUT2D eigenvalue weighted by Crippen LogP contribution is 2.43. The molecular formula is C31H33N7O4. The van der Waals surface area contributed by atoms with E-state index in [0.29, 0.717) is 40.4 Å². The Bertz CT molecular complexity index is 1620. The predicted octanol–water partition coefficient (Wildman–Crippen LogP) is 4.56. The van der Waals surface area contributed by atoms with Crippen molar-refractivity contribution in [3.8, 4) is 11.5 Å². The Morgan fingerprint density at radius 2 is 1.79 bits per heavy atom. The standard InChI is InChI=1S/C31H33N7O4/c1-30(2)23-16-20(8-9-21(23)27(40)42-30)33-29-32-17-22(25(35-29)34-24(18-39)19-6-4-3-5-7-19)26-36-37-28(41-26)31-10-13-38(14-11-31)15-12-31/h3-9,16-17,24,39H,10-15,18H2,1-2H3,(H2,32,33,34,35)/t24-/m1/s1. The molecule has 2 aromatic heterocycles. The number of piperidine rings is 3. The number of cyclic esters (lactones) is 1. The lowest BCUT2D eigenvalue weighted by Crippen LogP contribution is -2.50. The molecule has 1 atom stereocenters. The van der Waals surface area contributed by atoms with Crippen LogP contribution in [-0.2, 0) is 15.8 Å². The molecule has 6 heterocycles. The van der Waals surface area contributed by atoms with Crippen LogP contribution in [0.15, 0.2) is 59.1 Å². The number of anilines is 3. The van der Waals surface area contributed by atoms with Crippen LogP contribution in [0.3, 0.4) is 0 Å². The Morgan fingerprint density at radius 1 is 1.02 bits per heavy atom. The number of nitrogens with zero attached hydrogens (tertiary/aromatic N) is 5. The molecule has 8 rings (SSSR count). The number of hydrogen-bond acceptors (Lipinski definition) is 11. The second-order valence-electron chi connectivity index (χ2n) is 11.8. The predicted molar refractivity (Wildman–Crippen MR) is 155 cm³/mol. The molecule has 0 radical (unpaired) electrons. The van der Waals surface area contributed by atoms with Gasteiger partial charge in [-0.25, -0.2) is 9.78 Å². The number of ether oxygens (including phenoxy) is 1. The molecule has 4 aliphatic rings. The Hall–Kier alpha value is -4.35. The van der Waals surface area contributed by atoms with E-state index in [-0.39, 0.29) is 18.0 Å². The molecule has 4 aromatic rings. The quantitative estimate of drug-likeness (QED) is 0.258. The molecule has 216 valence electrons. The number of rotatable bonds is 8. The van der Waals surface area contributed by atoms with Crippen molar-refractivity contribution < 1.29 is 19.1 Å². The first-order valence-electron chi connectivity index (χ1n) is 14.3. The largest absolute Gasteiger partial charge is 0.451 e. The molecule has 2 bridgehead atoms. The summed E-state index contributed by atoms with van der Waals surface area (Å²) < 4.78 is 11.9. The third-order valence-electron chi connectivity index (χ3n) is 8.81. The number of carbonyl (C=O) groups excluding carboxylic acids is 1. The Labute approximate surface area is 243 Å². The molecule has 3 fully saturated rings. The van der Waals surface area contributed by atoms with Crippen LogP contribution in [0.5, 0.6) is 0 Å². The highest BCUT2D eigenvalue weighted by Gasteiger charge is 2.45. The molecule has 0 spiro atoms. The first-order chi connectivity index (χ1) is 20.3. The highest BCUT2D eigenvalue weighted by molar-refractivity contribution is 5.95. The average molecular weight is 568 g/mol. The fraction of sp³-hybridized carbons (Fsp3) is 0.387. The minimum Gasteiger partial charge on any atom is -0.451 e. The van der Waals surface area contributed by atoms with E-state index in [1.165, 1.54) is 0 Å². The van der Waals surface area contributed by atoms with Crippen LogP contribution < -0.4 is 10.6 Å². The summed E-state index contributed by atoms with van der Waals surface area (Å²) in [5.74, 6) is 1.45. The van der Waals surface area contributed by atoms with Crippen LogP contribution in [0.2, 0.25) is 0 Å². The van der Waals surface area contributed by atoms with Crippen LogP contribution in [0.1, 0.15) is 66.5 Å². The summed E-state index contributed by atoms with van der Waals surface area (Å²) >= 11 is 0. The molecular weight excluding hydrogens is 534 g/mol. The zero-order valence-corrected chi connectivity index (χ0v) is 23.6. The van der Waals surface area contributed by atoms with Crippen molar-refractivity contribution in [2.24, 2.45) is 0 Å². The van der Waals surface area contributed by atoms with E-state index in [4.69, 9.17) is 14.1 Å². The van der Waals surface area contributed by atoms with E-state index in [9.17, 15) is 9.90 Å². The van der Waals surface area contributed by atoms with Crippen molar-refractivity contribution in [2.75, 3.05) is 36.9 Å². The lowest BCUT2D eigenvalue weighted by Gasteiger charge is -2.46. The normalized spacial score (nSPS) is 22.8. The number of benzene rings is 2. The van der Waals surface area contributed by atoms with Gasteiger partial charge in [-0.3, -0.25) is 0 Å². The number of nitrogens with one attached hydrogen (secondary N) is 2. The van der Waals surface area contributed by atoms with Gasteiger partial charge in [-0.15, -0.1) is 10.2 Å². The Balaban J connectivity index is 1.23. The van der Waals surface area contributed by atoms with Crippen LogP contribution in [0.25, 0.3) is 11.5 Å². The second kappa shape index (κ2) is 10.2. The third-order valence-corrected chi connectivity index (χ3v) is 8.81. The molecule has 11 nitrogen and oxygen atoms in total. The van der Waals surface area contributed by atoms with Crippen molar-refractivity contribution in [1.82, 2.24) is 25.1 Å². The number of esters is 1. The third kappa shape index (κ3) is 4.68. The van der Waals surface area contributed by atoms with Crippen molar-refractivity contribution >= 4 is 23.4 Å². The van der Waals surface area contributed by atoms with Gasteiger partial charge in [-0.1, -0.05) is 30.3 Å². The summed E-state index contributed by atoms with van der Waals surface area (Å²) in [7, 11) is 0. The van der Waals surface area contributed by atoms with Crippen LogP contribution in [0.4, 0.5) is 17.5 Å². The first kappa shape index (κ1) is 26.5. The van der Waals surface area contributed by atoms with E-state index in [2.05, 4.69) is 30.7 Å². The smallest absolute Gasteiger partial charge is 0.339 e. The van der Waals surface area contributed by atoms with Crippen LogP contribution in [0, 0.1) is 0 Å². The minimum atomic E-state index is -0.727. The maximum absolute atomic E-state index is 12.2. The van der Waals surface area contributed by atoms with E-state index < -0.39 is 11.6 Å². The SMILES string of the molecule is CC1(C)OC(=O)c2ccc(Nc3ncc(-c4nnc(C56CCN(CC5)CC6)o4)c(N[C@H](CO)c4ccccc4)n3)cc21. The summed E-state index contributed by atoms with van der Waals surface area (Å²) in [4.78, 5) is 24.1. The van der Waals surface area contributed by atoms with Gasteiger partial charge in [0.15, 0.2) is 0 Å². The molecule has 0 aliphatic carbocycles. The molecule has 3 N–H and O–H groups in total. The number of hydrogen-bond donors (Lipinski definition) is 3. The zero-order valence-electron chi connectivity index (χ0n) is 23.6. The maximum Gasteiger partial charge on any atom is 0.339 e. The lowest BCUT2D eigenvalue weighted by molar-refractivity contribution is 0.00954. The fourth-order valence-electron chi connectivity index (χ4n) is 6.26. The number of carbonyl (C=O) groups is 1. The topological polar surface area (TPSA) is 139 Å². The molecule has 11 heteroatoms. The minimum absolute atomic E-state index is 0.0833. The Morgan fingerprint density at radius 3 is 2.52 bits per heavy atom. The number of fused-ring (bicyclic) bond motifs is 4. The van der Waals surface area contributed by atoms with Gasteiger partial charge in [0.25, 0.3) is 5.89 Å². The number of aromatic nitrogens is 4. The maximum atomic E-state index is 12.2. The van der Waals surface area contributed by atoms with Gasteiger partial charge in [0.1, 0.15) is 11.4 Å². The zero-order chi connectivity index (χ0) is 28.9. The van der Waals surface area contributed by atoms with Crippen LogP contribution in [-0.4, -0.2) is 62.4 Å². The highest BCUT2D eigenvalue weighted by atomic mass is 16.6. The molecule has 0 saturated carbocycles. The number of aliphatic hydroxyl groups is 1. The van der Waals surface area contributed by atoms with Gasteiger partial charge in [0.05, 0.1) is 29.2 Å². The monoisotopic (exact) mass is 567 g/mol. The van der Waals surface area contributed by atoms with Gasteiger partial charge in [-0.05, 0) is 76.5 Å². The Kier molecular flexibility index (Phi) is 6.43. The van der Waals surface area contributed by atoms with Crippen molar-refractivity contribution in [2.45, 2.75) is 50.2 Å². The van der Waals surface area contributed by atoms with Crippen molar-refractivity contribution in [3.63, 3.8) is 0 Å². The van der Waals surface area contributed by atoms with E-state index in [1.54, 1.807) is 18.3 Å². The molecule has 3 saturated heterocycles. The summed E-state index contributed by atoms with van der Waals surface area (Å²) in [5, 5.41) is 25.9. The number of aliphatic hydroxyl groups excluding tert-OH is 1. The van der Waals surface area contributed by atoms with E-state index >= 15 is 0 Å². The summed E-state index contributed by atoms with van der Waals surface area (Å²) in [6.45, 7) is 6.71. The summed E-state index contributed by atoms with van der Waals surface area (Å²) in [5.41, 5.74) is 2.70. The van der Waals surface area contributed by atoms with Crippen LogP contribution >= 0.6 is 0 Å². The van der Waals surface area contributed by atoms with Gasteiger partial charge >= 0.3 is 5.97 Å². The first-order valence-corrected chi connectivity index (χ1v) is 14.3. The average Bonchev–Trinajstić information content (AvgIpc) is 3.60. The molecule has 0 amide bonds. The van der Waals surface area contributed by atoms with Gasteiger partial charge in [0.2, 0.25) is 11.8 Å². The molecule has 4 aliphatic heterocycles. The molecule has 42 heavy (non-hydrogen) atoms. The summed E-state index contributed by atoms with van der Waals surface area (Å²) in [6, 6.07) is 14.7. The fourth-order valence-corrected chi connectivity index (χ4v) is 6.26. The molecule has 2 aromatic carbocycles. The second-order valence-corrected chi connectivity index (χ2v) is 11.8. The van der Waals surface area contributed by atoms with Gasteiger partial charge in [0, 0.05) is 17.4 Å². The lowest BCUT2D eigenvalue weighted by atomic mass is 9.72. The van der Waals surface area contributed by atoms with Gasteiger partial charge in [-0.2, -0.15) is 4.98 Å². The van der Waals surface area contributed by atoms with E-state index in [0.717, 1.165) is 50.0 Å². The van der Waals surface area contributed by atoms with E-state index in [1.807, 2.05) is 50.2 Å². The van der Waals surface area contributed by atoms with Crippen molar-refractivity contribution in [3.05, 3.63) is 77.3 Å². The summed E-state index contributed by atoms with van der Waals surface area (Å²) in [6.07, 6.45) is 4.68. The van der Waals surface area contributed by atoms with Gasteiger partial charge < -0.3 is 29.8 Å². The molecule has 0 unspecified atom stereocenters.